The molecule has 0 bridgehead atoms. The Bertz CT molecular complexity index is 867. The Morgan fingerprint density at radius 2 is 1.96 bits per heavy atom. The van der Waals surface area contributed by atoms with E-state index in [4.69, 9.17) is 4.74 Å². The molecular weight excluding hydrogens is 376 g/mol. The van der Waals surface area contributed by atoms with Gasteiger partial charge in [-0.15, -0.1) is 11.8 Å². The van der Waals surface area contributed by atoms with Crippen LogP contribution in [0.15, 0.2) is 53.4 Å². The van der Waals surface area contributed by atoms with Crippen LogP contribution < -0.4 is 5.32 Å². The standard InChI is InChI=1S/C21H22N2O4S/c1-28-18-5-2-4-17(12-18)22-19(24)14-27-21(26)16-9-7-15(8-10-16)13-23-11-3-6-20(23)25/h2,4-5,7-10,12H,3,6,11,13-14H2,1H3,(H,22,24). The van der Waals surface area contributed by atoms with Gasteiger partial charge in [0.15, 0.2) is 6.61 Å². The minimum Gasteiger partial charge on any atom is -0.452 e. The maximum atomic E-state index is 12.1. The molecule has 0 radical (unpaired) electrons. The lowest BCUT2D eigenvalue weighted by Gasteiger charge is -2.15. The van der Waals surface area contributed by atoms with E-state index in [2.05, 4.69) is 5.32 Å². The maximum Gasteiger partial charge on any atom is 0.338 e. The normalized spacial score (nSPS) is 13.5. The highest BCUT2D eigenvalue weighted by Gasteiger charge is 2.20. The van der Waals surface area contributed by atoms with Crippen LogP contribution in [-0.4, -0.2) is 42.1 Å². The summed E-state index contributed by atoms with van der Waals surface area (Å²) in [5.41, 5.74) is 1.99. The Hall–Kier alpha value is -2.80. The van der Waals surface area contributed by atoms with Crippen LogP contribution in [0.2, 0.25) is 0 Å². The van der Waals surface area contributed by atoms with Crippen LogP contribution in [0.1, 0.15) is 28.8 Å². The summed E-state index contributed by atoms with van der Waals surface area (Å²) >= 11 is 1.58. The van der Waals surface area contributed by atoms with E-state index in [0.29, 0.717) is 24.2 Å². The summed E-state index contributed by atoms with van der Waals surface area (Å²) in [6.45, 7) is 0.968. The smallest absolute Gasteiger partial charge is 0.338 e. The number of nitrogens with zero attached hydrogens (tertiary/aromatic N) is 1. The number of anilines is 1. The monoisotopic (exact) mass is 398 g/mol. The third-order valence-corrected chi connectivity index (χ3v) is 5.15. The number of likely N-dealkylation sites (tertiary alicyclic amines) is 1. The van der Waals surface area contributed by atoms with Gasteiger partial charge in [0.1, 0.15) is 0 Å². The van der Waals surface area contributed by atoms with Crippen molar-refractivity contribution in [2.75, 3.05) is 24.7 Å². The van der Waals surface area contributed by atoms with Gasteiger partial charge in [-0.2, -0.15) is 0 Å². The molecule has 0 aliphatic carbocycles. The first kappa shape index (κ1) is 19.9. The number of thioether (sulfide) groups is 1. The first-order valence-corrected chi connectivity index (χ1v) is 10.3. The second kappa shape index (κ2) is 9.41. The molecule has 0 saturated carbocycles. The molecule has 1 aliphatic heterocycles. The summed E-state index contributed by atoms with van der Waals surface area (Å²) in [7, 11) is 0. The molecular formula is C21H22N2O4S. The van der Waals surface area contributed by atoms with E-state index in [1.54, 1.807) is 42.1 Å². The van der Waals surface area contributed by atoms with Crippen molar-refractivity contribution in [3.05, 3.63) is 59.7 Å². The lowest BCUT2D eigenvalue weighted by Crippen LogP contribution is -2.23. The van der Waals surface area contributed by atoms with Crippen LogP contribution in [0.4, 0.5) is 5.69 Å². The number of amides is 2. The minimum atomic E-state index is -0.559. The summed E-state index contributed by atoms with van der Waals surface area (Å²) in [5.74, 6) is -0.787. The number of hydrogen-bond acceptors (Lipinski definition) is 5. The van der Waals surface area contributed by atoms with E-state index in [0.717, 1.165) is 23.4 Å². The molecule has 0 aromatic heterocycles. The fourth-order valence-electron chi connectivity index (χ4n) is 2.95. The van der Waals surface area contributed by atoms with Crippen molar-refractivity contribution in [3.8, 4) is 0 Å². The Kier molecular flexibility index (Phi) is 6.71. The van der Waals surface area contributed by atoms with Gasteiger partial charge in [-0.3, -0.25) is 9.59 Å². The van der Waals surface area contributed by atoms with Gasteiger partial charge in [0, 0.05) is 30.1 Å². The fraction of sp³-hybridized carbons (Fsp3) is 0.286. The number of ether oxygens (including phenoxy) is 1. The van der Waals surface area contributed by atoms with E-state index >= 15 is 0 Å². The first-order valence-electron chi connectivity index (χ1n) is 9.03. The Morgan fingerprint density at radius 1 is 1.18 bits per heavy atom. The SMILES string of the molecule is CSc1cccc(NC(=O)COC(=O)c2ccc(CN3CCCC3=O)cc2)c1. The quantitative estimate of drug-likeness (QED) is 0.572. The number of benzene rings is 2. The van der Waals surface area contributed by atoms with Gasteiger partial charge < -0.3 is 15.0 Å². The number of esters is 1. The largest absolute Gasteiger partial charge is 0.452 e. The summed E-state index contributed by atoms with van der Waals surface area (Å²) in [6.07, 6.45) is 3.46. The molecule has 1 saturated heterocycles. The van der Waals surface area contributed by atoms with E-state index in [1.165, 1.54) is 0 Å². The molecule has 1 aliphatic rings. The van der Waals surface area contributed by atoms with Gasteiger partial charge in [0.25, 0.3) is 5.91 Å². The molecule has 146 valence electrons. The van der Waals surface area contributed by atoms with Crippen molar-refractivity contribution in [2.24, 2.45) is 0 Å². The molecule has 0 unspecified atom stereocenters. The van der Waals surface area contributed by atoms with Crippen molar-refractivity contribution in [2.45, 2.75) is 24.3 Å². The van der Waals surface area contributed by atoms with Gasteiger partial charge in [0.05, 0.1) is 5.56 Å². The van der Waals surface area contributed by atoms with Crippen molar-refractivity contribution in [1.29, 1.82) is 0 Å². The second-order valence-corrected chi connectivity index (χ2v) is 7.35. The Balaban J connectivity index is 1.48. The van der Waals surface area contributed by atoms with Crippen LogP contribution in [-0.2, 0) is 20.9 Å². The molecule has 2 amide bonds. The molecule has 0 atom stereocenters. The van der Waals surface area contributed by atoms with Crippen LogP contribution >= 0.6 is 11.8 Å². The highest BCUT2D eigenvalue weighted by Crippen LogP contribution is 2.19. The summed E-state index contributed by atoms with van der Waals surface area (Å²) in [4.78, 5) is 38.7. The average Bonchev–Trinajstić information content (AvgIpc) is 3.11. The van der Waals surface area contributed by atoms with Crippen LogP contribution in [0.3, 0.4) is 0 Å². The van der Waals surface area contributed by atoms with Crippen molar-refractivity contribution in [1.82, 2.24) is 4.90 Å². The van der Waals surface area contributed by atoms with E-state index in [9.17, 15) is 14.4 Å². The predicted molar refractivity (Wildman–Crippen MR) is 108 cm³/mol. The molecule has 1 fully saturated rings. The molecule has 3 rings (SSSR count). The fourth-order valence-corrected chi connectivity index (χ4v) is 3.41. The molecule has 0 spiro atoms. The predicted octanol–water partition coefficient (Wildman–Crippen LogP) is 3.33. The van der Waals surface area contributed by atoms with Gasteiger partial charge in [0.2, 0.25) is 5.91 Å². The van der Waals surface area contributed by atoms with Crippen molar-refractivity contribution < 1.29 is 19.1 Å². The van der Waals surface area contributed by atoms with Gasteiger partial charge in [-0.1, -0.05) is 18.2 Å². The van der Waals surface area contributed by atoms with E-state index < -0.39 is 11.9 Å². The zero-order valence-electron chi connectivity index (χ0n) is 15.6. The summed E-state index contributed by atoms with van der Waals surface area (Å²) < 4.78 is 5.09. The molecule has 2 aromatic rings. The third kappa shape index (κ3) is 5.36. The van der Waals surface area contributed by atoms with Gasteiger partial charge in [-0.25, -0.2) is 4.79 Å². The zero-order chi connectivity index (χ0) is 19.9. The molecule has 1 heterocycles. The number of hydrogen-bond donors (Lipinski definition) is 1. The lowest BCUT2D eigenvalue weighted by molar-refractivity contribution is -0.128. The van der Waals surface area contributed by atoms with Gasteiger partial charge in [-0.05, 0) is 48.6 Å². The first-order chi connectivity index (χ1) is 13.5. The Morgan fingerprint density at radius 3 is 2.64 bits per heavy atom. The number of rotatable bonds is 7. The van der Waals surface area contributed by atoms with Crippen LogP contribution in [0.25, 0.3) is 0 Å². The summed E-state index contributed by atoms with van der Waals surface area (Å²) in [5, 5.41) is 2.71. The molecule has 1 N–H and O–H groups in total. The Labute approximate surface area is 168 Å². The van der Waals surface area contributed by atoms with E-state index in [-0.39, 0.29) is 12.5 Å². The van der Waals surface area contributed by atoms with Crippen molar-refractivity contribution in [3.63, 3.8) is 0 Å². The molecule has 7 heteroatoms. The van der Waals surface area contributed by atoms with Gasteiger partial charge >= 0.3 is 5.97 Å². The van der Waals surface area contributed by atoms with Crippen LogP contribution in [0, 0.1) is 0 Å². The number of carbonyl (C=O) groups excluding carboxylic acids is 3. The highest BCUT2D eigenvalue weighted by atomic mass is 32.2. The third-order valence-electron chi connectivity index (χ3n) is 4.42. The maximum absolute atomic E-state index is 12.1. The topological polar surface area (TPSA) is 75.7 Å². The molecule has 6 nitrogen and oxygen atoms in total. The molecule has 2 aromatic carbocycles. The lowest BCUT2D eigenvalue weighted by atomic mass is 10.1. The average molecular weight is 398 g/mol. The number of nitrogens with one attached hydrogen (secondary N) is 1. The van der Waals surface area contributed by atoms with Crippen LogP contribution in [0.5, 0.6) is 0 Å². The second-order valence-electron chi connectivity index (χ2n) is 6.47. The minimum absolute atomic E-state index is 0.164. The van der Waals surface area contributed by atoms with Crippen molar-refractivity contribution >= 4 is 35.2 Å². The number of carbonyl (C=O) groups is 3. The van der Waals surface area contributed by atoms with E-state index in [1.807, 2.05) is 29.4 Å². The molecule has 28 heavy (non-hydrogen) atoms. The zero-order valence-corrected chi connectivity index (χ0v) is 16.5. The highest BCUT2D eigenvalue weighted by molar-refractivity contribution is 7.98. The summed E-state index contributed by atoms with van der Waals surface area (Å²) in [6, 6.07) is 14.3.